The zero-order valence-electron chi connectivity index (χ0n) is 19.4. The van der Waals surface area contributed by atoms with Crippen LogP contribution in [0.5, 0.6) is 0 Å². The van der Waals surface area contributed by atoms with Crippen molar-refractivity contribution in [3.05, 3.63) is 0 Å². The Balaban J connectivity index is 5.18. The Bertz CT molecular complexity index is 939. The van der Waals surface area contributed by atoms with Crippen molar-refractivity contribution >= 4 is 53.2 Å². The van der Waals surface area contributed by atoms with Crippen molar-refractivity contribution in [2.24, 2.45) is 22.9 Å². The number of amides is 8. The molecule has 0 fully saturated rings. The zero-order valence-corrected chi connectivity index (χ0v) is 19.4. The minimum absolute atomic E-state index is 0.398. The van der Waals surface area contributed by atoms with Gasteiger partial charge in [-0.05, 0) is 0 Å². The lowest BCUT2D eigenvalue weighted by atomic mass is 10.1. The summed E-state index contributed by atoms with van der Waals surface area (Å²) >= 11 is 0. The first-order valence-corrected chi connectivity index (χ1v) is 10.4. The van der Waals surface area contributed by atoms with Gasteiger partial charge in [-0.15, -0.1) is 0 Å². The molecule has 14 N–H and O–H groups in total. The van der Waals surface area contributed by atoms with Crippen molar-refractivity contribution < 1.29 is 48.3 Å². The van der Waals surface area contributed by atoms with Gasteiger partial charge in [-0.1, -0.05) is 0 Å². The van der Waals surface area contributed by atoms with Crippen LogP contribution in [0.25, 0.3) is 0 Å². The van der Waals surface area contributed by atoms with Crippen LogP contribution >= 0.6 is 0 Å². The van der Waals surface area contributed by atoms with E-state index in [9.17, 15) is 43.2 Å². The molecule has 0 rings (SSSR count). The fourth-order valence-electron chi connectivity index (χ4n) is 2.53. The van der Waals surface area contributed by atoms with Crippen LogP contribution in [0.15, 0.2) is 0 Å². The number of primary amides is 3. The molecule has 0 saturated heterocycles. The third-order valence-electron chi connectivity index (χ3n) is 4.19. The number of carbonyl (C=O) groups excluding carboxylic acids is 8. The molecule has 19 nitrogen and oxygen atoms in total. The minimum atomic E-state index is -1.76. The van der Waals surface area contributed by atoms with Gasteiger partial charge in [0.25, 0.3) is 0 Å². The Hall–Kier alpha value is -4.81. The summed E-state index contributed by atoms with van der Waals surface area (Å²) in [7, 11) is 0. The summed E-state index contributed by atoms with van der Waals surface area (Å²) in [6.07, 6.45) is -2.23. The predicted molar refractivity (Wildman–Crippen MR) is 120 cm³/mol. The van der Waals surface area contributed by atoms with Gasteiger partial charge in [-0.3, -0.25) is 38.4 Å². The van der Waals surface area contributed by atoms with Gasteiger partial charge < -0.3 is 54.6 Å². The number of carboxylic acids is 1. The average molecular weight is 531 g/mol. The topological polar surface area (TPSA) is 338 Å². The number of nitrogens with one attached hydrogen (secondary N) is 5. The molecule has 0 unspecified atom stereocenters. The lowest BCUT2D eigenvalue weighted by Gasteiger charge is -2.21. The first-order chi connectivity index (χ1) is 17.2. The maximum absolute atomic E-state index is 12.4. The fourth-order valence-corrected chi connectivity index (χ4v) is 2.53. The molecule has 37 heavy (non-hydrogen) atoms. The molecule has 0 aliphatic carbocycles. The monoisotopic (exact) mass is 531 g/mol. The standard InChI is InChI=1S/C18H29N9O10/c19-4-13(31)23-5-14(32)25-7(1-10(20)28)16(34)24-6-15(33)26-8(2-11(21)29)17(35)27-9(18(36)37)3-12(22)30/h7-9H,1-6,19H2,(H2,20,28)(H2,21,29)(H2,22,30)(H,23,31)(H,24,34)(H,25,32)(H,26,33)(H,27,35)(H,36,37)/t7-,8-,9-/m0/s1. The molecule has 0 radical (unpaired) electrons. The lowest BCUT2D eigenvalue weighted by Crippen LogP contribution is -2.56. The summed E-state index contributed by atoms with van der Waals surface area (Å²) < 4.78 is 0. The van der Waals surface area contributed by atoms with E-state index < -0.39 is 110 Å². The van der Waals surface area contributed by atoms with E-state index in [1.54, 1.807) is 0 Å². The highest BCUT2D eigenvalue weighted by molar-refractivity contribution is 5.97. The van der Waals surface area contributed by atoms with Crippen LogP contribution in [0.1, 0.15) is 19.3 Å². The number of nitrogens with two attached hydrogens (primary N) is 4. The van der Waals surface area contributed by atoms with Crippen LogP contribution in [-0.4, -0.2) is 96.1 Å². The molecular formula is C18H29N9O10. The SMILES string of the molecule is NCC(=O)NCC(=O)N[C@@H](CC(N)=O)C(=O)NCC(=O)N[C@@H](CC(N)=O)C(=O)N[C@@H](CC(N)=O)C(=O)O. The van der Waals surface area contributed by atoms with Crippen molar-refractivity contribution in [1.82, 2.24) is 26.6 Å². The third kappa shape index (κ3) is 14.2. The van der Waals surface area contributed by atoms with Gasteiger partial charge in [0.2, 0.25) is 47.3 Å². The van der Waals surface area contributed by atoms with Crippen LogP contribution in [0, 0.1) is 0 Å². The largest absolute Gasteiger partial charge is 0.480 e. The average Bonchev–Trinajstić information content (AvgIpc) is 2.78. The summed E-state index contributed by atoms with van der Waals surface area (Å²) in [4.78, 5) is 105. The molecule has 0 aromatic carbocycles. The Kier molecular flexibility index (Phi) is 13.9. The summed E-state index contributed by atoms with van der Waals surface area (Å²) in [5, 5.41) is 19.4. The number of hydrogen-bond donors (Lipinski definition) is 10. The molecular weight excluding hydrogens is 502 g/mol. The number of aliphatic carboxylic acids is 1. The maximum atomic E-state index is 12.4. The highest BCUT2D eigenvalue weighted by Gasteiger charge is 2.29. The summed E-state index contributed by atoms with van der Waals surface area (Å²) in [6.45, 7) is -1.80. The van der Waals surface area contributed by atoms with E-state index >= 15 is 0 Å². The number of carboxylic acid groups (broad SMARTS) is 1. The molecule has 0 aromatic heterocycles. The van der Waals surface area contributed by atoms with Crippen molar-refractivity contribution in [2.45, 2.75) is 37.4 Å². The van der Waals surface area contributed by atoms with Gasteiger partial charge in [-0.2, -0.15) is 0 Å². The fraction of sp³-hybridized carbons (Fsp3) is 0.500. The van der Waals surface area contributed by atoms with E-state index in [0.717, 1.165) is 0 Å². The van der Waals surface area contributed by atoms with Gasteiger partial charge in [0.1, 0.15) is 18.1 Å². The van der Waals surface area contributed by atoms with E-state index in [1.165, 1.54) is 0 Å². The van der Waals surface area contributed by atoms with Crippen molar-refractivity contribution in [3.63, 3.8) is 0 Å². The van der Waals surface area contributed by atoms with Gasteiger partial charge in [-0.25, -0.2) is 4.79 Å². The molecule has 8 amide bonds. The van der Waals surface area contributed by atoms with Crippen LogP contribution < -0.4 is 49.5 Å². The van der Waals surface area contributed by atoms with Crippen molar-refractivity contribution in [3.8, 4) is 0 Å². The molecule has 206 valence electrons. The molecule has 0 heterocycles. The first kappa shape index (κ1) is 32.2. The van der Waals surface area contributed by atoms with Gasteiger partial charge in [0.15, 0.2) is 0 Å². The summed E-state index contributed by atoms with van der Waals surface area (Å²) in [6, 6.07) is -4.99. The normalized spacial score (nSPS) is 12.6. The summed E-state index contributed by atoms with van der Waals surface area (Å²) in [5.41, 5.74) is 20.1. The van der Waals surface area contributed by atoms with E-state index in [4.69, 9.17) is 28.0 Å². The zero-order chi connectivity index (χ0) is 28.7. The van der Waals surface area contributed by atoms with Crippen LogP contribution in [0.4, 0.5) is 0 Å². The smallest absolute Gasteiger partial charge is 0.326 e. The maximum Gasteiger partial charge on any atom is 0.326 e. The Morgan fingerprint density at radius 2 is 0.973 bits per heavy atom. The predicted octanol–water partition coefficient (Wildman–Crippen LogP) is -7.66. The third-order valence-corrected chi connectivity index (χ3v) is 4.19. The minimum Gasteiger partial charge on any atom is -0.480 e. The highest BCUT2D eigenvalue weighted by Crippen LogP contribution is 1.98. The van der Waals surface area contributed by atoms with Crippen LogP contribution in [0.3, 0.4) is 0 Å². The van der Waals surface area contributed by atoms with Crippen molar-refractivity contribution in [2.75, 3.05) is 19.6 Å². The molecule has 0 aromatic rings. The second-order valence-corrected chi connectivity index (χ2v) is 7.35. The molecule has 0 aliphatic heterocycles. The van der Waals surface area contributed by atoms with Crippen LogP contribution in [0.2, 0.25) is 0 Å². The second-order valence-electron chi connectivity index (χ2n) is 7.35. The highest BCUT2D eigenvalue weighted by atomic mass is 16.4. The molecule has 0 saturated carbocycles. The van der Waals surface area contributed by atoms with E-state index in [1.807, 2.05) is 10.6 Å². The van der Waals surface area contributed by atoms with Gasteiger partial charge in [0, 0.05) is 0 Å². The Morgan fingerprint density at radius 1 is 0.568 bits per heavy atom. The Labute approximate surface area is 208 Å². The van der Waals surface area contributed by atoms with Crippen molar-refractivity contribution in [1.29, 1.82) is 0 Å². The van der Waals surface area contributed by atoms with E-state index in [2.05, 4.69) is 16.0 Å². The molecule has 19 heteroatoms. The number of rotatable bonds is 17. The quantitative estimate of drug-likeness (QED) is 0.0839. The second kappa shape index (κ2) is 16.0. The summed E-state index contributed by atoms with van der Waals surface area (Å²) in [5.74, 6) is -9.55. The van der Waals surface area contributed by atoms with Gasteiger partial charge >= 0.3 is 5.97 Å². The van der Waals surface area contributed by atoms with E-state index in [0.29, 0.717) is 0 Å². The molecule has 0 aliphatic rings. The van der Waals surface area contributed by atoms with Gasteiger partial charge in [0.05, 0.1) is 38.9 Å². The van der Waals surface area contributed by atoms with Crippen LogP contribution in [-0.2, 0) is 43.2 Å². The molecule has 0 spiro atoms. The molecule has 0 bridgehead atoms. The lowest BCUT2D eigenvalue weighted by molar-refractivity contribution is -0.143. The first-order valence-electron chi connectivity index (χ1n) is 10.4. The van der Waals surface area contributed by atoms with E-state index in [-0.39, 0.29) is 0 Å². The molecule has 3 atom stereocenters. The Morgan fingerprint density at radius 3 is 1.38 bits per heavy atom. The number of hydrogen-bond acceptors (Lipinski definition) is 10. The number of carbonyl (C=O) groups is 9.